The van der Waals surface area contributed by atoms with Gasteiger partial charge in [-0.3, -0.25) is 19.8 Å². The van der Waals surface area contributed by atoms with E-state index >= 15 is 0 Å². The number of carbonyl (C=O) groups excluding carboxylic acids is 1. The third-order valence-electron chi connectivity index (χ3n) is 5.59. The molecule has 0 spiro atoms. The Morgan fingerprint density at radius 1 is 1.06 bits per heavy atom. The van der Waals surface area contributed by atoms with E-state index in [1.807, 2.05) is 35.3 Å². The fourth-order valence-corrected chi connectivity index (χ4v) is 4.34. The number of hydrazone groups is 1. The third-order valence-corrected chi connectivity index (χ3v) is 7.11. The predicted molar refractivity (Wildman–Crippen MR) is 141 cm³/mol. The lowest BCUT2D eigenvalue weighted by Gasteiger charge is -2.27. The Labute approximate surface area is 220 Å². The van der Waals surface area contributed by atoms with E-state index in [-0.39, 0.29) is 17.6 Å². The fraction of sp³-hybridized carbons (Fsp3) is 0.391. The Kier molecular flexibility index (Phi) is 9.80. The van der Waals surface area contributed by atoms with Crippen LogP contribution in [0.25, 0.3) is 0 Å². The van der Waals surface area contributed by atoms with Crippen molar-refractivity contribution in [3.63, 3.8) is 0 Å². The van der Waals surface area contributed by atoms with Crippen molar-refractivity contribution >= 4 is 62.2 Å². The number of nitrogens with zero attached hydrogens (tertiary/aromatic N) is 3. The molecule has 1 fully saturated rings. The van der Waals surface area contributed by atoms with Crippen LogP contribution < -0.4 is 10.4 Å². The van der Waals surface area contributed by atoms with Crippen molar-refractivity contribution in [1.29, 1.82) is 0 Å². The number of amides is 1. The molecule has 0 radical (unpaired) electrons. The van der Waals surface area contributed by atoms with Gasteiger partial charge in [-0.1, -0.05) is 53.4 Å². The van der Waals surface area contributed by atoms with Gasteiger partial charge in [-0.25, -0.2) is 5.01 Å². The van der Waals surface area contributed by atoms with Crippen molar-refractivity contribution in [3.05, 3.63) is 63.1 Å². The highest BCUT2D eigenvalue weighted by Gasteiger charge is 2.35. The zero-order valence-corrected chi connectivity index (χ0v) is 22.2. The molecule has 0 saturated carbocycles. The number of carbonyl (C=O) groups is 1. The molecule has 2 aromatic carbocycles. The number of nitrogens with one attached hydrogen (secondary N) is 1. The second-order valence-corrected chi connectivity index (χ2v) is 11.1. The first-order chi connectivity index (χ1) is 16.6. The molecule has 2 N–H and O–H groups in total. The largest absolute Gasteiger partial charge is 0.286 e. The summed E-state index contributed by atoms with van der Waals surface area (Å²) in [6.07, 6.45) is 3.36. The van der Waals surface area contributed by atoms with Gasteiger partial charge in [-0.2, -0.15) is 13.5 Å². The molecule has 2 aliphatic rings. The van der Waals surface area contributed by atoms with E-state index in [1.165, 1.54) is 13.3 Å². The summed E-state index contributed by atoms with van der Waals surface area (Å²) in [5.74, 6) is -0.573. The molecular formula is C23H27Cl3N4O4S. The van der Waals surface area contributed by atoms with E-state index in [9.17, 15) is 13.2 Å². The van der Waals surface area contributed by atoms with Crippen LogP contribution in [0.15, 0.2) is 47.6 Å². The van der Waals surface area contributed by atoms with Gasteiger partial charge in [0.05, 0.1) is 28.9 Å². The minimum atomic E-state index is -3.66. The number of piperidine rings is 1. The highest BCUT2D eigenvalue weighted by Crippen LogP contribution is 2.35. The molecule has 4 rings (SSSR count). The SMILES string of the molecule is CCS(=O)(=O)O.O=C(NN1CCCCC1)C1=NN(c2ccc(Cl)cc2Cl)CC1c1ccc(Cl)cc1. The highest BCUT2D eigenvalue weighted by atomic mass is 35.5. The van der Waals surface area contributed by atoms with Crippen LogP contribution in [0.1, 0.15) is 37.7 Å². The lowest BCUT2D eigenvalue weighted by molar-refractivity contribution is -0.119. The van der Waals surface area contributed by atoms with E-state index < -0.39 is 10.1 Å². The first-order valence-electron chi connectivity index (χ1n) is 11.1. The molecule has 1 saturated heterocycles. The first-order valence-corrected chi connectivity index (χ1v) is 13.9. The smallest absolute Gasteiger partial charge is 0.282 e. The molecule has 0 bridgehead atoms. The maximum Gasteiger partial charge on any atom is 0.282 e. The normalized spacial score (nSPS) is 18.5. The van der Waals surface area contributed by atoms with Crippen LogP contribution in [0.3, 0.4) is 0 Å². The first kappa shape index (κ1) is 27.7. The van der Waals surface area contributed by atoms with Gasteiger partial charge in [-0.05, 0) is 55.7 Å². The maximum absolute atomic E-state index is 13.1. The molecule has 1 unspecified atom stereocenters. The summed E-state index contributed by atoms with van der Waals surface area (Å²) in [4.78, 5) is 13.1. The number of anilines is 1. The molecular weight excluding hydrogens is 535 g/mol. The van der Waals surface area contributed by atoms with Gasteiger partial charge in [-0.15, -0.1) is 0 Å². The summed E-state index contributed by atoms with van der Waals surface area (Å²) in [6, 6.07) is 12.8. The van der Waals surface area contributed by atoms with Gasteiger partial charge in [0.15, 0.2) is 0 Å². The number of hydrogen-bond donors (Lipinski definition) is 2. The molecule has 1 atom stereocenters. The van der Waals surface area contributed by atoms with Gasteiger partial charge in [0.1, 0.15) is 5.71 Å². The standard InChI is InChI=1S/C21H21Cl3N4O.C2H6O3S/c22-15-6-4-14(5-7-15)17-13-28(19-9-8-16(23)12-18(19)24)25-20(17)21(29)26-27-10-2-1-3-11-27;1-2-6(3,4)5/h4-9,12,17H,1-3,10-11,13H2,(H,26,29);2H2,1H3,(H,3,4,5). The van der Waals surface area contributed by atoms with Crippen LogP contribution in [-0.4, -0.2) is 55.0 Å². The van der Waals surface area contributed by atoms with Crippen LogP contribution in [0, 0.1) is 0 Å². The van der Waals surface area contributed by atoms with E-state index in [4.69, 9.17) is 39.4 Å². The minimum absolute atomic E-state index is 0.181. The zero-order valence-electron chi connectivity index (χ0n) is 19.1. The zero-order chi connectivity index (χ0) is 25.6. The summed E-state index contributed by atoms with van der Waals surface area (Å²) in [5, 5.41) is 10.1. The molecule has 190 valence electrons. The van der Waals surface area contributed by atoms with Crippen molar-refractivity contribution in [2.24, 2.45) is 5.10 Å². The van der Waals surface area contributed by atoms with Gasteiger partial charge in [0.2, 0.25) is 0 Å². The maximum atomic E-state index is 13.1. The average Bonchev–Trinajstić information content (AvgIpc) is 3.25. The molecule has 2 aromatic rings. The van der Waals surface area contributed by atoms with Crippen LogP contribution in [0.4, 0.5) is 5.69 Å². The van der Waals surface area contributed by atoms with Crippen LogP contribution in [0.2, 0.25) is 15.1 Å². The van der Waals surface area contributed by atoms with Gasteiger partial charge >= 0.3 is 0 Å². The predicted octanol–water partition coefficient (Wildman–Crippen LogP) is 5.02. The monoisotopic (exact) mass is 560 g/mol. The Bertz CT molecular complexity index is 1170. The van der Waals surface area contributed by atoms with Gasteiger partial charge in [0, 0.05) is 23.1 Å². The van der Waals surface area contributed by atoms with Crippen molar-refractivity contribution in [3.8, 4) is 0 Å². The Balaban J connectivity index is 0.000000509. The van der Waals surface area contributed by atoms with Gasteiger partial charge in [0.25, 0.3) is 16.0 Å². The molecule has 2 heterocycles. The van der Waals surface area contributed by atoms with Crippen molar-refractivity contribution in [1.82, 2.24) is 10.4 Å². The Morgan fingerprint density at radius 3 is 2.23 bits per heavy atom. The Morgan fingerprint density at radius 2 is 1.66 bits per heavy atom. The summed E-state index contributed by atoms with van der Waals surface area (Å²) >= 11 is 18.5. The number of hydrazine groups is 1. The van der Waals surface area contributed by atoms with Crippen LogP contribution >= 0.6 is 34.8 Å². The number of halogens is 3. The molecule has 0 aromatic heterocycles. The number of hydrogen-bond acceptors (Lipinski definition) is 6. The third kappa shape index (κ3) is 8.06. The second-order valence-electron chi connectivity index (χ2n) is 8.13. The van der Waals surface area contributed by atoms with Crippen molar-refractivity contribution in [2.75, 3.05) is 30.4 Å². The summed E-state index contributed by atoms with van der Waals surface area (Å²) in [6.45, 7) is 3.59. The van der Waals surface area contributed by atoms with Crippen molar-refractivity contribution < 1.29 is 17.8 Å². The molecule has 1 amide bonds. The molecule has 2 aliphatic heterocycles. The van der Waals surface area contributed by atoms with E-state index in [0.29, 0.717) is 27.3 Å². The number of benzene rings is 2. The number of rotatable bonds is 5. The Hall–Kier alpha value is -1.88. The molecule has 35 heavy (non-hydrogen) atoms. The lowest BCUT2D eigenvalue weighted by atomic mass is 9.94. The van der Waals surface area contributed by atoms with Crippen LogP contribution in [0.5, 0.6) is 0 Å². The molecule has 0 aliphatic carbocycles. The van der Waals surface area contributed by atoms with Gasteiger partial charge < -0.3 is 0 Å². The van der Waals surface area contributed by atoms with Crippen molar-refractivity contribution in [2.45, 2.75) is 32.1 Å². The van der Waals surface area contributed by atoms with E-state index in [2.05, 4.69) is 10.5 Å². The lowest BCUT2D eigenvalue weighted by Crippen LogP contribution is -2.48. The topological polar surface area (TPSA) is 102 Å². The van der Waals surface area contributed by atoms with Crippen LogP contribution in [-0.2, 0) is 14.9 Å². The summed E-state index contributed by atoms with van der Waals surface area (Å²) in [5.41, 5.74) is 5.19. The minimum Gasteiger partial charge on any atom is -0.286 e. The van der Waals surface area contributed by atoms with E-state index in [1.54, 1.807) is 17.1 Å². The second kappa shape index (κ2) is 12.4. The highest BCUT2D eigenvalue weighted by molar-refractivity contribution is 7.85. The summed E-state index contributed by atoms with van der Waals surface area (Å²) in [7, 11) is -3.66. The molecule has 12 heteroatoms. The summed E-state index contributed by atoms with van der Waals surface area (Å²) < 4.78 is 26.9. The average molecular weight is 562 g/mol. The molecule has 8 nitrogen and oxygen atoms in total. The van der Waals surface area contributed by atoms with E-state index in [0.717, 1.165) is 37.2 Å². The quantitative estimate of drug-likeness (QED) is 0.497. The fourth-order valence-electron chi connectivity index (χ4n) is 3.71.